The maximum Gasteiger partial charge on any atom is 0.199 e. The van der Waals surface area contributed by atoms with E-state index < -0.39 is 0 Å². The molecule has 0 spiro atoms. The van der Waals surface area contributed by atoms with Gasteiger partial charge in [-0.05, 0) is 43.2 Å². The first-order chi connectivity index (χ1) is 12.7. The molecule has 136 valence electrons. The number of hydrogen-bond acceptors (Lipinski definition) is 5. The molecule has 1 fully saturated rings. The number of phenolic OH excluding ortho intramolecular Hbond substituents is 1. The quantitative estimate of drug-likeness (QED) is 0.622. The van der Waals surface area contributed by atoms with Crippen molar-refractivity contribution in [2.75, 3.05) is 13.7 Å². The second-order valence-corrected chi connectivity index (χ2v) is 6.03. The van der Waals surface area contributed by atoms with E-state index >= 15 is 0 Å². The molecular formula is C21H22O5. The Bertz CT molecular complexity index is 791. The van der Waals surface area contributed by atoms with Crippen LogP contribution in [0.1, 0.15) is 35.2 Å². The van der Waals surface area contributed by atoms with E-state index in [1.54, 1.807) is 25.3 Å². The summed E-state index contributed by atoms with van der Waals surface area (Å²) in [5, 5.41) is 10.2. The number of rotatable bonds is 6. The molecule has 1 unspecified atom stereocenters. The molecule has 0 aliphatic carbocycles. The van der Waals surface area contributed by atoms with Crippen molar-refractivity contribution in [3.8, 4) is 17.2 Å². The molecule has 26 heavy (non-hydrogen) atoms. The Hall–Kier alpha value is -2.79. The molecule has 0 bridgehead atoms. The molecule has 0 saturated carbocycles. The van der Waals surface area contributed by atoms with E-state index in [1.807, 2.05) is 24.3 Å². The largest absolute Gasteiger partial charge is 0.507 e. The van der Waals surface area contributed by atoms with Gasteiger partial charge in [-0.3, -0.25) is 4.79 Å². The number of methoxy groups -OCH3 is 1. The minimum atomic E-state index is -0.297. The number of hydrogen-bond donors (Lipinski definition) is 1. The molecule has 3 rings (SSSR count). The summed E-state index contributed by atoms with van der Waals surface area (Å²) in [5.74, 6) is 0.749. The average Bonchev–Trinajstić information content (AvgIpc) is 2.67. The third kappa shape index (κ3) is 4.43. The Morgan fingerprint density at radius 1 is 1.23 bits per heavy atom. The number of para-hydroxylation sites is 1. The summed E-state index contributed by atoms with van der Waals surface area (Å²) in [4.78, 5) is 12.4. The van der Waals surface area contributed by atoms with Crippen molar-refractivity contribution < 1.29 is 24.1 Å². The lowest BCUT2D eigenvalue weighted by Crippen LogP contribution is -2.24. The summed E-state index contributed by atoms with van der Waals surface area (Å²) >= 11 is 0. The van der Waals surface area contributed by atoms with E-state index in [0.29, 0.717) is 18.1 Å². The van der Waals surface area contributed by atoms with Crippen molar-refractivity contribution in [3.05, 3.63) is 59.7 Å². The fourth-order valence-corrected chi connectivity index (χ4v) is 2.81. The molecule has 5 nitrogen and oxygen atoms in total. The van der Waals surface area contributed by atoms with Crippen molar-refractivity contribution in [1.29, 1.82) is 0 Å². The first-order valence-electron chi connectivity index (χ1n) is 8.64. The number of benzene rings is 2. The predicted molar refractivity (Wildman–Crippen MR) is 98.7 cm³/mol. The lowest BCUT2D eigenvalue weighted by Gasteiger charge is -2.23. The van der Waals surface area contributed by atoms with Gasteiger partial charge in [-0.1, -0.05) is 18.2 Å². The molecule has 1 saturated heterocycles. The number of phenols is 1. The van der Waals surface area contributed by atoms with E-state index in [4.69, 9.17) is 14.2 Å². The predicted octanol–water partition coefficient (Wildman–Crippen LogP) is 4.20. The zero-order chi connectivity index (χ0) is 18.4. The second kappa shape index (κ2) is 8.54. The fourth-order valence-electron chi connectivity index (χ4n) is 2.81. The molecule has 5 heteroatoms. The normalized spacial score (nSPS) is 17.2. The summed E-state index contributed by atoms with van der Waals surface area (Å²) in [6.07, 6.45) is 5.70. The Labute approximate surface area is 152 Å². The molecular weight excluding hydrogens is 332 g/mol. The second-order valence-electron chi connectivity index (χ2n) is 6.03. The van der Waals surface area contributed by atoms with Gasteiger partial charge >= 0.3 is 0 Å². The summed E-state index contributed by atoms with van der Waals surface area (Å²) in [5.41, 5.74) is 1.00. The number of ketones is 1. The number of carbonyl (C=O) groups is 1. The van der Waals surface area contributed by atoms with Crippen LogP contribution in [0, 0.1) is 0 Å². The van der Waals surface area contributed by atoms with Crippen LogP contribution in [-0.2, 0) is 4.74 Å². The highest BCUT2D eigenvalue weighted by molar-refractivity contribution is 6.08. The van der Waals surface area contributed by atoms with Crippen molar-refractivity contribution in [1.82, 2.24) is 0 Å². The zero-order valence-electron chi connectivity index (χ0n) is 14.7. The minimum absolute atomic E-state index is 0.118. The number of aromatic hydroxyl groups is 1. The fraction of sp³-hybridized carbons (Fsp3) is 0.286. The van der Waals surface area contributed by atoms with Crippen LogP contribution in [-0.4, -0.2) is 30.9 Å². The van der Waals surface area contributed by atoms with Crippen LogP contribution in [0.5, 0.6) is 17.2 Å². The van der Waals surface area contributed by atoms with Gasteiger partial charge in [0.15, 0.2) is 12.1 Å². The third-order valence-corrected chi connectivity index (χ3v) is 4.19. The van der Waals surface area contributed by atoms with Crippen LogP contribution < -0.4 is 9.47 Å². The van der Waals surface area contributed by atoms with Crippen LogP contribution in [0.15, 0.2) is 48.5 Å². The minimum Gasteiger partial charge on any atom is -0.507 e. The van der Waals surface area contributed by atoms with E-state index in [9.17, 15) is 9.90 Å². The van der Waals surface area contributed by atoms with Crippen LogP contribution >= 0.6 is 0 Å². The van der Waals surface area contributed by atoms with Crippen LogP contribution in [0.25, 0.3) is 6.08 Å². The summed E-state index contributed by atoms with van der Waals surface area (Å²) in [6.45, 7) is 0.682. The summed E-state index contributed by atoms with van der Waals surface area (Å²) in [7, 11) is 1.58. The summed E-state index contributed by atoms with van der Waals surface area (Å²) in [6, 6.07) is 12.1. The van der Waals surface area contributed by atoms with Crippen LogP contribution in [0.3, 0.4) is 0 Å². The van der Waals surface area contributed by atoms with Crippen molar-refractivity contribution in [3.63, 3.8) is 0 Å². The zero-order valence-corrected chi connectivity index (χ0v) is 14.7. The van der Waals surface area contributed by atoms with Crippen molar-refractivity contribution >= 4 is 11.9 Å². The molecule has 1 aliphatic heterocycles. The first-order valence-corrected chi connectivity index (χ1v) is 8.64. The molecule has 0 radical (unpaired) electrons. The highest BCUT2D eigenvalue weighted by Gasteiger charge is 2.16. The van der Waals surface area contributed by atoms with Gasteiger partial charge in [0.2, 0.25) is 0 Å². The van der Waals surface area contributed by atoms with Crippen molar-refractivity contribution in [2.45, 2.75) is 25.6 Å². The molecule has 1 heterocycles. The number of carbonyl (C=O) groups excluding carboxylic acids is 1. The summed E-state index contributed by atoms with van der Waals surface area (Å²) < 4.78 is 16.5. The van der Waals surface area contributed by atoms with Crippen LogP contribution in [0.4, 0.5) is 0 Å². The van der Waals surface area contributed by atoms with Gasteiger partial charge in [0.25, 0.3) is 0 Å². The SMILES string of the molecule is COc1ccccc1/C=C/C(=O)c1ccc(OC2CCCCO2)cc1O. The Morgan fingerprint density at radius 2 is 2.08 bits per heavy atom. The highest BCUT2D eigenvalue weighted by atomic mass is 16.7. The molecule has 2 aromatic rings. The smallest absolute Gasteiger partial charge is 0.199 e. The molecule has 1 N–H and O–H groups in total. The first kappa shape index (κ1) is 18.0. The van der Waals surface area contributed by atoms with Gasteiger partial charge in [0.05, 0.1) is 19.3 Å². The standard InChI is InChI=1S/C21H22O5/c1-24-20-7-3-2-6-15(20)9-12-18(22)17-11-10-16(14-19(17)23)26-21-8-4-5-13-25-21/h2-3,6-7,9-12,14,21,23H,4-5,8,13H2,1H3/b12-9+. The molecule has 1 aliphatic rings. The molecule has 2 aromatic carbocycles. The van der Waals surface area contributed by atoms with Gasteiger partial charge in [0.1, 0.15) is 17.2 Å². The maximum atomic E-state index is 12.4. The molecule has 0 amide bonds. The van der Waals surface area contributed by atoms with Crippen LogP contribution in [0.2, 0.25) is 0 Å². The molecule has 0 aromatic heterocycles. The maximum absolute atomic E-state index is 12.4. The average molecular weight is 354 g/mol. The lowest BCUT2D eigenvalue weighted by molar-refractivity contribution is -0.105. The topological polar surface area (TPSA) is 65.0 Å². The molecule has 1 atom stereocenters. The van der Waals surface area contributed by atoms with Gasteiger partial charge < -0.3 is 19.3 Å². The van der Waals surface area contributed by atoms with E-state index in [1.165, 1.54) is 12.1 Å². The lowest BCUT2D eigenvalue weighted by atomic mass is 10.1. The Kier molecular flexibility index (Phi) is 5.92. The Morgan fingerprint density at radius 3 is 2.81 bits per heavy atom. The van der Waals surface area contributed by atoms with E-state index in [2.05, 4.69) is 0 Å². The Balaban J connectivity index is 1.70. The van der Waals surface area contributed by atoms with E-state index in [0.717, 1.165) is 24.8 Å². The van der Waals surface area contributed by atoms with Gasteiger partial charge in [-0.2, -0.15) is 0 Å². The third-order valence-electron chi connectivity index (χ3n) is 4.19. The van der Waals surface area contributed by atoms with E-state index in [-0.39, 0.29) is 23.4 Å². The number of ether oxygens (including phenoxy) is 3. The number of allylic oxidation sites excluding steroid dienone is 1. The van der Waals surface area contributed by atoms with Gasteiger partial charge in [-0.25, -0.2) is 0 Å². The van der Waals surface area contributed by atoms with Crippen molar-refractivity contribution in [2.24, 2.45) is 0 Å². The highest BCUT2D eigenvalue weighted by Crippen LogP contribution is 2.27. The van der Waals surface area contributed by atoms with Gasteiger partial charge in [-0.15, -0.1) is 0 Å². The monoisotopic (exact) mass is 354 g/mol. The van der Waals surface area contributed by atoms with Gasteiger partial charge in [0, 0.05) is 18.1 Å².